The Morgan fingerprint density at radius 3 is 2.50 bits per heavy atom. The number of nitrogens with zero attached hydrogens (tertiary/aromatic N) is 3. The Balaban J connectivity index is 1.30. The fourth-order valence-corrected chi connectivity index (χ4v) is 5.61. The van der Waals surface area contributed by atoms with Gasteiger partial charge in [-0.05, 0) is 66.9 Å². The number of aromatic carboxylic acids is 1. The number of fused-ring (bicyclic) bond motifs is 1. The molecule has 1 fully saturated rings. The van der Waals surface area contributed by atoms with Crippen molar-refractivity contribution in [1.82, 2.24) is 14.5 Å². The van der Waals surface area contributed by atoms with Gasteiger partial charge in [0.05, 0.1) is 22.3 Å². The van der Waals surface area contributed by atoms with Crippen LogP contribution in [0.4, 0.5) is 22.0 Å². The molecule has 0 radical (unpaired) electrons. The highest BCUT2D eigenvalue weighted by atomic mass is 19.3. The van der Waals surface area contributed by atoms with E-state index in [1.165, 1.54) is 41.0 Å². The number of halogens is 5. The summed E-state index contributed by atoms with van der Waals surface area (Å²) in [6.45, 7) is 1.65. The number of rotatable bonds is 8. The number of aromatic nitrogens is 3. The van der Waals surface area contributed by atoms with E-state index in [1.807, 2.05) is 0 Å². The van der Waals surface area contributed by atoms with Gasteiger partial charge in [-0.25, -0.2) is 36.7 Å². The monoisotopic (exact) mass is 607 g/mol. The van der Waals surface area contributed by atoms with Crippen LogP contribution in [0.5, 0.6) is 5.88 Å². The fraction of sp³-hybridized carbons (Fsp3) is 0.242. The molecular formula is C33H26F5N3O3. The first kappa shape index (κ1) is 29.3. The lowest BCUT2D eigenvalue weighted by Gasteiger charge is -2.18. The number of carboxylic acids is 1. The van der Waals surface area contributed by atoms with Gasteiger partial charge in [-0.2, -0.15) is 0 Å². The van der Waals surface area contributed by atoms with Gasteiger partial charge >= 0.3 is 5.97 Å². The number of carbonyl (C=O) groups is 1. The van der Waals surface area contributed by atoms with Crippen molar-refractivity contribution in [2.45, 2.75) is 51.2 Å². The van der Waals surface area contributed by atoms with Crippen LogP contribution in [0.2, 0.25) is 0 Å². The minimum atomic E-state index is -2.90. The number of alkyl halides is 2. The summed E-state index contributed by atoms with van der Waals surface area (Å²) < 4.78 is 80.7. The number of pyridine rings is 1. The Morgan fingerprint density at radius 1 is 0.977 bits per heavy atom. The van der Waals surface area contributed by atoms with E-state index in [0.717, 1.165) is 17.7 Å². The predicted molar refractivity (Wildman–Crippen MR) is 152 cm³/mol. The lowest BCUT2D eigenvalue weighted by molar-refractivity contribution is 0.00568. The lowest BCUT2D eigenvalue weighted by atomic mass is 10.0. The zero-order valence-electron chi connectivity index (χ0n) is 23.5. The maximum absolute atomic E-state index is 15.5. The van der Waals surface area contributed by atoms with Crippen LogP contribution >= 0.6 is 0 Å². The molecule has 44 heavy (non-hydrogen) atoms. The summed E-state index contributed by atoms with van der Waals surface area (Å²) in [4.78, 5) is 20.4. The molecule has 1 atom stereocenters. The average molecular weight is 608 g/mol. The molecule has 1 aliphatic carbocycles. The van der Waals surface area contributed by atoms with Gasteiger partial charge in [0.1, 0.15) is 29.9 Å². The first-order chi connectivity index (χ1) is 21.0. The molecule has 3 aromatic carbocycles. The quantitative estimate of drug-likeness (QED) is 0.181. The minimum Gasteiger partial charge on any atom is -0.478 e. The standard InChI is InChI=1S/C33H26F5N3O3/c1-18-5-6-20(24(34)11-18)17-44-31-4-2-3-27(40-31)23-15-25(35)21(12-26(23)36)14-30-39-28-8-7-19(32(42)43)13-29(28)41(30)22-9-10-33(37,38)16-22/h2-8,11-13,15,22H,9-10,14,16-17H2,1H3,(H,42,43)/t22-/m0/s1. The SMILES string of the molecule is Cc1ccc(COc2cccc(-c3cc(F)c(Cc4nc5ccc(C(=O)O)cc5n4[C@H]4CCC(F)(F)C4)cc3F)n2)c(F)c1. The average Bonchev–Trinajstić information content (AvgIpc) is 3.52. The van der Waals surface area contributed by atoms with Crippen LogP contribution < -0.4 is 4.74 Å². The third-order valence-electron chi connectivity index (χ3n) is 7.82. The fourth-order valence-electron chi connectivity index (χ4n) is 5.61. The Labute approximate surface area is 248 Å². The molecule has 1 saturated carbocycles. The number of hydrogen-bond donors (Lipinski definition) is 1. The van der Waals surface area contributed by atoms with Crippen LogP contribution in [0.15, 0.2) is 66.7 Å². The Morgan fingerprint density at radius 2 is 1.77 bits per heavy atom. The molecule has 0 amide bonds. The van der Waals surface area contributed by atoms with Crippen molar-refractivity contribution in [3.8, 4) is 17.1 Å². The number of hydrogen-bond acceptors (Lipinski definition) is 4. The number of ether oxygens (including phenoxy) is 1. The zero-order chi connectivity index (χ0) is 31.2. The Kier molecular flexibility index (Phi) is 7.56. The van der Waals surface area contributed by atoms with Gasteiger partial charge in [0.25, 0.3) is 0 Å². The van der Waals surface area contributed by atoms with Gasteiger partial charge < -0.3 is 14.4 Å². The molecule has 6 rings (SSSR count). The van der Waals surface area contributed by atoms with Gasteiger partial charge in [0, 0.05) is 42.5 Å². The number of carboxylic acid groups (broad SMARTS) is 1. The lowest BCUT2D eigenvalue weighted by Crippen LogP contribution is -2.15. The molecule has 2 heterocycles. The summed E-state index contributed by atoms with van der Waals surface area (Å²) in [5.41, 5.74) is 1.64. The van der Waals surface area contributed by atoms with Crippen molar-refractivity contribution in [3.05, 3.63) is 112 Å². The van der Waals surface area contributed by atoms with Crippen molar-refractivity contribution in [2.24, 2.45) is 0 Å². The molecule has 6 nitrogen and oxygen atoms in total. The van der Waals surface area contributed by atoms with Gasteiger partial charge in [0.15, 0.2) is 0 Å². The number of imidazole rings is 1. The van der Waals surface area contributed by atoms with Crippen molar-refractivity contribution in [1.29, 1.82) is 0 Å². The molecule has 0 spiro atoms. The summed E-state index contributed by atoms with van der Waals surface area (Å²) >= 11 is 0. The van der Waals surface area contributed by atoms with Crippen molar-refractivity contribution in [2.75, 3.05) is 0 Å². The van der Waals surface area contributed by atoms with Gasteiger partial charge in [-0.1, -0.05) is 18.2 Å². The van der Waals surface area contributed by atoms with Gasteiger partial charge in [0.2, 0.25) is 11.8 Å². The smallest absolute Gasteiger partial charge is 0.335 e. The molecule has 0 saturated heterocycles. The third kappa shape index (κ3) is 5.86. The van der Waals surface area contributed by atoms with Crippen LogP contribution in [0.25, 0.3) is 22.3 Å². The van der Waals surface area contributed by atoms with Gasteiger partial charge in [-0.15, -0.1) is 0 Å². The normalized spacial score (nSPS) is 16.0. The van der Waals surface area contributed by atoms with Crippen LogP contribution in [-0.4, -0.2) is 31.5 Å². The van der Waals surface area contributed by atoms with Crippen LogP contribution in [-0.2, 0) is 13.0 Å². The first-order valence-corrected chi connectivity index (χ1v) is 13.9. The molecule has 1 aliphatic rings. The van der Waals surface area contributed by atoms with E-state index in [4.69, 9.17) is 4.74 Å². The summed E-state index contributed by atoms with van der Waals surface area (Å²) in [6.07, 6.45) is -0.915. The Hall–Kier alpha value is -4.80. The van der Waals surface area contributed by atoms with E-state index in [-0.39, 0.29) is 60.0 Å². The third-order valence-corrected chi connectivity index (χ3v) is 7.82. The van der Waals surface area contributed by atoms with E-state index in [0.29, 0.717) is 16.6 Å². The second kappa shape index (κ2) is 11.4. The molecule has 0 unspecified atom stereocenters. The van der Waals surface area contributed by atoms with E-state index < -0.39 is 41.8 Å². The molecule has 1 N–H and O–H groups in total. The number of benzene rings is 3. The van der Waals surface area contributed by atoms with Gasteiger partial charge in [-0.3, -0.25) is 0 Å². The van der Waals surface area contributed by atoms with Crippen LogP contribution in [0.3, 0.4) is 0 Å². The highest BCUT2D eigenvalue weighted by molar-refractivity contribution is 5.92. The van der Waals surface area contributed by atoms with E-state index in [2.05, 4.69) is 9.97 Å². The maximum atomic E-state index is 15.5. The number of aryl methyl sites for hydroxylation is 1. The molecule has 5 aromatic rings. The Bertz CT molecular complexity index is 1910. The molecule has 11 heteroatoms. The van der Waals surface area contributed by atoms with Crippen molar-refractivity contribution in [3.63, 3.8) is 0 Å². The summed E-state index contributed by atoms with van der Waals surface area (Å²) in [7, 11) is 0. The first-order valence-electron chi connectivity index (χ1n) is 13.9. The minimum absolute atomic E-state index is 0.0424. The summed E-state index contributed by atoms with van der Waals surface area (Å²) in [6, 6.07) is 14.8. The molecule has 0 bridgehead atoms. The second-order valence-electron chi connectivity index (χ2n) is 11.0. The largest absolute Gasteiger partial charge is 0.478 e. The van der Waals surface area contributed by atoms with Crippen molar-refractivity contribution >= 4 is 17.0 Å². The van der Waals surface area contributed by atoms with Crippen LogP contribution in [0.1, 0.15) is 58.2 Å². The molecular weight excluding hydrogens is 581 g/mol. The predicted octanol–water partition coefficient (Wildman–Crippen LogP) is 8.05. The van der Waals surface area contributed by atoms with E-state index in [9.17, 15) is 23.1 Å². The van der Waals surface area contributed by atoms with E-state index >= 15 is 8.78 Å². The topological polar surface area (TPSA) is 77.2 Å². The molecule has 0 aliphatic heterocycles. The zero-order valence-corrected chi connectivity index (χ0v) is 23.5. The summed E-state index contributed by atoms with van der Waals surface area (Å²) in [5, 5.41) is 9.46. The molecule has 2 aromatic heterocycles. The summed E-state index contributed by atoms with van der Waals surface area (Å²) in [5.74, 6) is -5.75. The van der Waals surface area contributed by atoms with Crippen LogP contribution in [0, 0.1) is 24.4 Å². The highest BCUT2D eigenvalue weighted by Gasteiger charge is 2.41. The van der Waals surface area contributed by atoms with E-state index in [1.54, 1.807) is 25.1 Å². The maximum Gasteiger partial charge on any atom is 0.335 e. The van der Waals surface area contributed by atoms with Crippen molar-refractivity contribution < 1.29 is 36.6 Å². The molecule has 226 valence electrons. The second-order valence-corrected chi connectivity index (χ2v) is 11.0. The highest BCUT2D eigenvalue weighted by Crippen LogP contribution is 2.43.